The predicted octanol–water partition coefficient (Wildman–Crippen LogP) is 3.37. The highest BCUT2D eigenvalue weighted by atomic mass is 127. The summed E-state index contributed by atoms with van der Waals surface area (Å²) >= 11 is 8.17. The summed E-state index contributed by atoms with van der Waals surface area (Å²) in [6, 6.07) is 3.27. The molecule has 1 rings (SSSR count). The Morgan fingerprint density at radius 2 is 2.00 bits per heavy atom. The highest BCUT2D eigenvalue weighted by Crippen LogP contribution is 2.29. The maximum absolute atomic E-state index is 12.7. The largest absolute Gasteiger partial charge is 0.496 e. The first-order valence-electron chi connectivity index (χ1n) is 6.92. The van der Waals surface area contributed by atoms with Gasteiger partial charge in [-0.2, -0.15) is 0 Å². The van der Waals surface area contributed by atoms with Gasteiger partial charge in [0.1, 0.15) is 12.3 Å². The molecule has 0 aliphatic rings. The lowest BCUT2D eigenvalue weighted by Crippen LogP contribution is -2.37. The van der Waals surface area contributed by atoms with Gasteiger partial charge in [-0.1, -0.05) is 18.5 Å². The van der Waals surface area contributed by atoms with E-state index in [1.54, 1.807) is 19.1 Å². The number of esters is 1. The Morgan fingerprint density at radius 1 is 1.32 bits per heavy atom. The van der Waals surface area contributed by atoms with E-state index in [9.17, 15) is 9.59 Å². The number of nitrogens with zero attached hydrogens (tertiary/aromatic N) is 1. The van der Waals surface area contributed by atoms with Crippen LogP contribution in [0.25, 0.3) is 0 Å². The second-order valence-electron chi connectivity index (χ2n) is 4.50. The molecule has 5 nitrogen and oxygen atoms in total. The third-order valence-electron chi connectivity index (χ3n) is 2.88. The molecule has 1 aromatic carbocycles. The van der Waals surface area contributed by atoms with Gasteiger partial charge < -0.3 is 14.4 Å². The molecule has 0 N–H and O–H groups in total. The fourth-order valence-corrected chi connectivity index (χ4v) is 2.52. The highest BCUT2D eigenvalue weighted by Gasteiger charge is 2.23. The first kappa shape index (κ1) is 19.0. The molecule has 122 valence electrons. The average Bonchev–Trinajstić information content (AvgIpc) is 2.48. The molecule has 1 amide bonds. The van der Waals surface area contributed by atoms with Crippen LogP contribution in [-0.4, -0.2) is 43.6 Å². The third-order valence-corrected chi connectivity index (χ3v) is 4.40. The number of amides is 1. The van der Waals surface area contributed by atoms with Crippen molar-refractivity contribution in [2.45, 2.75) is 20.3 Å². The summed E-state index contributed by atoms with van der Waals surface area (Å²) < 4.78 is 11.0. The van der Waals surface area contributed by atoms with Crippen molar-refractivity contribution in [3.8, 4) is 5.75 Å². The zero-order valence-electron chi connectivity index (χ0n) is 12.8. The van der Waals surface area contributed by atoms with Crippen LogP contribution in [0.5, 0.6) is 5.75 Å². The van der Waals surface area contributed by atoms with Gasteiger partial charge in [0, 0.05) is 10.1 Å². The minimum absolute atomic E-state index is 0.0900. The van der Waals surface area contributed by atoms with Gasteiger partial charge >= 0.3 is 5.97 Å². The maximum Gasteiger partial charge on any atom is 0.325 e. The first-order valence-corrected chi connectivity index (χ1v) is 8.38. The summed E-state index contributed by atoms with van der Waals surface area (Å²) in [6.45, 7) is 4.30. The summed E-state index contributed by atoms with van der Waals surface area (Å²) in [7, 11) is 1.49. The average molecular weight is 440 g/mol. The SMILES string of the molecule is CCCN(CC(=O)OCC)C(=O)c1cc(Cl)c(I)cc1OC. The Morgan fingerprint density at radius 3 is 2.55 bits per heavy atom. The maximum atomic E-state index is 12.7. The Bertz CT molecular complexity index is 551. The normalized spacial score (nSPS) is 10.2. The number of benzene rings is 1. The van der Waals surface area contributed by atoms with E-state index in [0.29, 0.717) is 22.9 Å². The minimum Gasteiger partial charge on any atom is -0.496 e. The predicted molar refractivity (Wildman–Crippen MR) is 93.5 cm³/mol. The molecular formula is C15H19ClINO4. The zero-order valence-corrected chi connectivity index (χ0v) is 15.7. The molecule has 0 aromatic heterocycles. The van der Waals surface area contributed by atoms with Gasteiger partial charge in [0.2, 0.25) is 0 Å². The van der Waals surface area contributed by atoms with Crippen LogP contribution in [0.1, 0.15) is 30.6 Å². The van der Waals surface area contributed by atoms with Crippen LogP contribution in [0.2, 0.25) is 5.02 Å². The Hall–Kier alpha value is -1.02. The number of hydrogen-bond acceptors (Lipinski definition) is 4. The highest BCUT2D eigenvalue weighted by molar-refractivity contribution is 14.1. The second kappa shape index (κ2) is 9.19. The van der Waals surface area contributed by atoms with Gasteiger partial charge in [0.15, 0.2) is 0 Å². The quantitative estimate of drug-likeness (QED) is 0.483. The van der Waals surface area contributed by atoms with Crippen LogP contribution in [-0.2, 0) is 9.53 Å². The van der Waals surface area contributed by atoms with Gasteiger partial charge in [0.25, 0.3) is 5.91 Å². The molecule has 0 fully saturated rings. The number of halogens is 2. The Labute approximate surface area is 149 Å². The van der Waals surface area contributed by atoms with Crippen LogP contribution in [0.4, 0.5) is 0 Å². The smallest absolute Gasteiger partial charge is 0.325 e. The van der Waals surface area contributed by atoms with Gasteiger partial charge in [0.05, 0.1) is 24.3 Å². The summed E-state index contributed by atoms with van der Waals surface area (Å²) in [5, 5.41) is 0.470. The lowest BCUT2D eigenvalue weighted by Gasteiger charge is -2.22. The topological polar surface area (TPSA) is 55.8 Å². The zero-order chi connectivity index (χ0) is 16.7. The van der Waals surface area contributed by atoms with Crippen LogP contribution >= 0.6 is 34.2 Å². The standard InChI is InChI=1S/C15H19ClINO4/c1-4-6-18(9-14(19)22-5-2)15(20)10-7-11(16)12(17)8-13(10)21-3/h7-8H,4-6,9H2,1-3H3. The molecule has 0 aliphatic carbocycles. The monoisotopic (exact) mass is 439 g/mol. The summed E-state index contributed by atoms with van der Waals surface area (Å²) in [6.07, 6.45) is 0.728. The molecule has 0 aliphatic heterocycles. The lowest BCUT2D eigenvalue weighted by molar-refractivity contribution is -0.143. The summed E-state index contributed by atoms with van der Waals surface area (Å²) in [5.74, 6) is -0.298. The van der Waals surface area contributed by atoms with Crippen LogP contribution in [0.3, 0.4) is 0 Å². The van der Waals surface area contributed by atoms with E-state index >= 15 is 0 Å². The van der Waals surface area contributed by atoms with Gasteiger partial charge in [-0.3, -0.25) is 9.59 Å². The summed E-state index contributed by atoms with van der Waals surface area (Å²) in [4.78, 5) is 25.8. The van der Waals surface area contributed by atoms with Crippen molar-refractivity contribution in [1.29, 1.82) is 0 Å². The lowest BCUT2D eigenvalue weighted by atomic mass is 10.1. The molecular weight excluding hydrogens is 421 g/mol. The van der Waals surface area contributed by atoms with E-state index in [-0.39, 0.29) is 19.1 Å². The molecule has 1 aromatic rings. The van der Waals surface area contributed by atoms with Crippen molar-refractivity contribution >= 4 is 46.1 Å². The molecule has 0 atom stereocenters. The molecule has 0 heterocycles. The molecule has 0 saturated heterocycles. The summed E-state index contributed by atoms with van der Waals surface area (Å²) in [5.41, 5.74) is 0.339. The molecule has 7 heteroatoms. The van der Waals surface area contributed by atoms with Crippen molar-refractivity contribution in [3.63, 3.8) is 0 Å². The van der Waals surface area contributed by atoms with Crippen molar-refractivity contribution in [3.05, 3.63) is 26.3 Å². The Balaban J connectivity index is 3.08. The molecule has 0 bridgehead atoms. The molecule has 0 saturated carbocycles. The molecule has 0 unspecified atom stereocenters. The Kier molecular flexibility index (Phi) is 7.95. The van der Waals surface area contributed by atoms with Gasteiger partial charge in [-0.15, -0.1) is 0 Å². The van der Waals surface area contributed by atoms with E-state index < -0.39 is 5.97 Å². The fraction of sp³-hybridized carbons (Fsp3) is 0.467. The van der Waals surface area contributed by atoms with Crippen LogP contribution in [0.15, 0.2) is 12.1 Å². The van der Waals surface area contributed by atoms with Crippen molar-refractivity contribution in [1.82, 2.24) is 4.90 Å². The number of methoxy groups -OCH3 is 1. The van der Waals surface area contributed by atoms with Crippen molar-refractivity contribution in [2.75, 3.05) is 26.8 Å². The number of hydrogen-bond donors (Lipinski definition) is 0. The van der Waals surface area contributed by atoms with E-state index in [4.69, 9.17) is 21.1 Å². The van der Waals surface area contributed by atoms with Crippen LogP contribution in [0, 0.1) is 3.57 Å². The number of carbonyl (C=O) groups excluding carboxylic acids is 2. The van der Waals surface area contributed by atoms with Crippen molar-refractivity contribution in [2.24, 2.45) is 0 Å². The van der Waals surface area contributed by atoms with Crippen LogP contribution < -0.4 is 4.74 Å². The first-order chi connectivity index (χ1) is 10.4. The number of carbonyl (C=O) groups is 2. The molecule has 0 radical (unpaired) electrons. The van der Waals surface area contributed by atoms with E-state index in [0.717, 1.165) is 9.99 Å². The molecule has 22 heavy (non-hydrogen) atoms. The number of rotatable bonds is 7. The van der Waals surface area contributed by atoms with Gasteiger partial charge in [-0.25, -0.2) is 0 Å². The number of ether oxygens (including phenoxy) is 2. The van der Waals surface area contributed by atoms with E-state index in [1.807, 2.05) is 6.92 Å². The van der Waals surface area contributed by atoms with E-state index in [2.05, 4.69) is 22.6 Å². The second-order valence-corrected chi connectivity index (χ2v) is 6.07. The fourth-order valence-electron chi connectivity index (χ4n) is 1.92. The third kappa shape index (κ3) is 5.01. The minimum atomic E-state index is -0.431. The molecule has 0 spiro atoms. The van der Waals surface area contributed by atoms with Gasteiger partial charge in [-0.05, 0) is 48.1 Å². The van der Waals surface area contributed by atoms with Crippen molar-refractivity contribution < 1.29 is 19.1 Å². The van der Waals surface area contributed by atoms with E-state index in [1.165, 1.54) is 12.0 Å².